The molecule has 0 radical (unpaired) electrons. The number of nitrogens with one attached hydrogen (secondary N) is 1. The molecule has 1 rings (SSSR count). The predicted octanol–water partition coefficient (Wildman–Crippen LogP) is 1.63. The van der Waals surface area contributed by atoms with Crippen LogP contribution in [0.25, 0.3) is 0 Å². The van der Waals surface area contributed by atoms with E-state index in [1.165, 1.54) is 12.3 Å². The third kappa shape index (κ3) is 3.16. The van der Waals surface area contributed by atoms with Crippen molar-refractivity contribution >= 4 is 17.4 Å². The lowest BCUT2D eigenvalue weighted by Crippen LogP contribution is -2.10. The van der Waals surface area contributed by atoms with Gasteiger partial charge in [-0.25, -0.2) is 9.37 Å². The minimum atomic E-state index is -0.440. The molecule has 1 heterocycles. The molecule has 0 spiro atoms. The number of halogens is 2. The van der Waals surface area contributed by atoms with E-state index in [-0.39, 0.29) is 5.82 Å². The zero-order valence-corrected chi connectivity index (χ0v) is 7.81. The highest BCUT2D eigenvalue weighted by Crippen LogP contribution is 2.14. The number of nitrogens with zero attached hydrogens (tertiary/aromatic N) is 1. The van der Waals surface area contributed by atoms with Gasteiger partial charge in [0.2, 0.25) is 0 Å². The molecule has 13 heavy (non-hydrogen) atoms. The van der Waals surface area contributed by atoms with Gasteiger partial charge in [0.05, 0.1) is 5.02 Å². The normalized spacial score (nSPS) is 10.1. The molecule has 0 amide bonds. The number of pyridine rings is 1. The summed E-state index contributed by atoms with van der Waals surface area (Å²) in [6.07, 6.45) is 2.18. The van der Waals surface area contributed by atoms with Crippen LogP contribution in [0.15, 0.2) is 12.3 Å². The van der Waals surface area contributed by atoms with Crippen molar-refractivity contribution in [3.63, 3.8) is 0 Å². The Hall–Kier alpha value is -0.870. The molecule has 0 atom stereocenters. The lowest BCUT2D eigenvalue weighted by atomic mass is 10.4. The molecule has 3 N–H and O–H groups in total. The number of aromatic nitrogens is 1. The Morgan fingerprint density at radius 3 is 3.00 bits per heavy atom. The van der Waals surface area contributed by atoms with Crippen molar-refractivity contribution in [3.8, 4) is 0 Å². The zero-order chi connectivity index (χ0) is 9.68. The molecule has 0 aliphatic carbocycles. The number of anilines is 1. The van der Waals surface area contributed by atoms with Crippen LogP contribution in [-0.4, -0.2) is 18.1 Å². The van der Waals surface area contributed by atoms with E-state index in [1.54, 1.807) is 0 Å². The third-order valence-electron chi connectivity index (χ3n) is 1.48. The number of hydrogen-bond donors (Lipinski definition) is 2. The Balaban J connectivity index is 2.56. The van der Waals surface area contributed by atoms with E-state index < -0.39 is 5.82 Å². The molecular weight excluding hydrogens is 193 g/mol. The second-order valence-electron chi connectivity index (χ2n) is 2.55. The summed E-state index contributed by atoms with van der Waals surface area (Å²) >= 11 is 5.53. The molecule has 1 aromatic rings. The molecule has 0 bridgehead atoms. The van der Waals surface area contributed by atoms with Crippen molar-refractivity contribution in [2.45, 2.75) is 6.42 Å². The van der Waals surface area contributed by atoms with Crippen LogP contribution in [0.4, 0.5) is 10.2 Å². The largest absolute Gasteiger partial charge is 0.368 e. The van der Waals surface area contributed by atoms with Crippen molar-refractivity contribution in [2.75, 3.05) is 18.4 Å². The standard InChI is InChI=1S/C8H11ClFN3/c9-6-4-7(10)8(13-5-6)12-3-1-2-11/h4-5H,1-3,11H2,(H,12,13). The Labute approximate surface area is 81.1 Å². The highest BCUT2D eigenvalue weighted by atomic mass is 35.5. The van der Waals surface area contributed by atoms with Gasteiger partial charge in [0.25, 0.3) is 0 Å². The summed E-state index contributed by atoms with van der Waals surface area (Å²) in [6, 6.07) is 1.22. The first kappa shape index (κ1) is 10.2. The fourth-order valence-electron chi connectivity index (χ4n) is 0.854. The van der Waals surface area contributed by atoms with E-state index in [4.69, 9.17) is 17.3 Å². The quantitative estimate of drug-likeness (QED) is 0.732. The molecule has 5 heteroatoms. The van der Waals surface area contributed by atoms with Crippen LogP contribution < -0.4 is 11.1 Å². The average molecular weight is 204 g/mol. The van der Waals surface area contributed by atoms with Crippen molar-refractivity contribution in [3.05, 3.63) is 23.1 Å². The maximum atomic E-state index is 13.0. The smallest absolute Gasteiger partial charge is 0.166 e. The van der Waals surface area contributed by atoms with Gasteiger partial charge in [-0.15, -0.1) is 0 Å². The highest BCUT2D eigenvalue weighted by molar-refractivity contribution is 6.30. The summed E-state index contributed by atoms with van der Waals surface area (Å²) in [5, 5.41) is 3.11. The maximum absolute atomic E-state index is 13.0. The van der Waals surface area contributed by atoms with Crippen LogP contribution in [0.2, 0.25) is 5.02 Å². The Kier molecular flexibility index (Phi) is 3.92. The molecule has 0 saturated heterocycles. The van der Waals surface area contributed by atoms with Gasteiger partial charge in [0.1, 0.15) is 0 Å². The molecule has 72 valence electrons. The van der Waals surface area contributed by atoms with Crippen molar-refractivity contribution < 1.29 is 4.39 Å². The predicted molar refractivity (Wildman–Crippen MR) is 51.4 cm³/mol. The molecule has 1 aromatic heterocycles. The van der Waals surface area contributed by atoms with Gasteiger partial charge in [-0.05, 0) is 19.0 Å². The molecule has 0 aromatic carbocycles. The molecule has 0 saturated carbocycles. The molecular formula is C8H11ClFN3. The fraction of sp³-hybridized carbons (Fsp3) is 0.375. The fourth-order valence-corrected chi connectivity index (χ4v) is 0.998. The van der Waals surface area contributed by atoms with Crippen molar-refractivity contribution in [2.24, 2.45) is 5.73 Å². The van der Waals surface area contributed by atoms with Gasteiger partial charge >= 0.3 is 0 Å². The Bertz CT molecular complexity index is 280. The Morgan fingerprint density at radius 2 is 2.38 bits per heavy atom. The molecule has 0 fully saturated rings. The van der Waals surface area contributed by atoms with Crippen LogP contribution in [0, 0.1) is 5.82 Å². The van der Waals surface area contributed by atoms with Gasteiger partial charge in [-0.2, -0.15) is 0 Å². The second-order valence-corrected chi connectivity index (χ2v) is 2.99. The first-order chi connectivity index (χ1) is 6.24. The third-order valence-corrected chi connectivity index (χ3v) is 1.69. The lowest BCUT2D eigenvalue weighted by Gasteiger charge is -2.04. The lowest BCUT2D eigenvalue weighted by molar-refractivity contribution is 0.624. The van der Waals surface area contributed by atoms with Crippen LogP contribution in [0.5, 0.6) is 0 Å². The summed E-state index contributed by atoms with van der Waals surface area (Å²) < 4.78 is 13.0. The molecule has 0 aliphatic heterocycles. The molecule has 0 aliphatic rings. The van der Waals surface area contributed by atoms with E-state index in [9.17, 15) is 4.39 Å². The minimum absolute atomic E-state index is 0.220. The summed E-state index contributed by atoms with van der Waals surface area (Å²) in [5.74, 6) is -0.220. The Morgan fingerprint density at radius 1 is 1.62 bits per heavy atom. The van der Waals surface area contributed by atoms with Crippen LogP contribution in [0.1, 0.15) is 6.42 Å². The number of rotatable bonds is 4. The van der Waals surface area contributed by atoms with E-state index in [0.717, 1.165) is 6.42 Å². The highest BCUT2D eigenvalue weighted by Gasteiger charge is 2.02. The van der Waals surface area contributed by atoms with Crippen LogP contribution in [-0.2, 0) is 0 Å². The summed E-state index contributed by atoms with van der Waals surface area (Å²) in [5.41, 5.74) is 5.28. The van der Waals surface area contributed by atoms with Gasteiger partial charge < -0.3 is 11.1 Å². The minimum Gasteiger partial charge on any atom is -0.368 e. The topological polar surface area (TPSA) is 50.9 Å². The van der Waals surface area contributed by atoms with Gasteiger partial charge in [-0.1, -0.05) is 11.6 Å². The van der Waals surface area contributed by atoms with E-state index in [0.29, 0.717) is 18.1 Å². The van der Waals surface area contributed by atoms with Crippen molar-refractivity contribution in [1.29, 1.82) is 0 Å². The summed E-state index contributed by atoms with van der Waals surface area (Å²) in [7, 11) is 0. The van der Waals surface area contributed by atoms with Crippen LogP contribution >= 0.6 is 11.6 Å². The average Bonchev–Trinajstić information content (AvgIpc) is 2.09. The zero-order valence-electron chi connectivity index (χ0n) is 7.06. The first-order valence-electron chi connectivity index (χ1n) is 3.99. The summed E-state index contributed by atoms with van der Waals surface area (Å²) in [6.45, 7) is 1.18. The van der Waals surface area contributed by atoms with Crippen molar-refractivity contribution in [1.82, 2.24) is 4.98 Å². The van der Waals surface area contributed by atoms with Gasteiger partial charge in [-0.3, -0.25) is 0 Å². The van der Waals surface area contributed by atoms with Gasteiger partial charge in [0.15, 0.2) is 11.6 Å². The van der Waals surface area contributed by atoms with E-state index in [2.05, 4.69) is 10.3 Å². The maximum Gasteiger partial charge on any atom is 0.166 e. The van der Waals surface area contributed by atoms with Crippen LogP contribution in [0.3, 0.4) is 0 Å². The molecule has 3 nitrogen and oxygen atoms in total. The molecule has 0 unspecified atom stereocenters. The van der Waals surface area contributed by atoms with E-state index >= 15 is 0 Å². The second kappa shape index (κ2) is 4.99. The van der Waals surface area contributed by atoms with Gasteiger partial charge in [0, 0.05) is 12.7 Å². The monoisotopic (exact) mass is 203 g/mol. The SMILES string of the molecule is NCCCNc1ncc(Cl)cc1F. The first-order valence-corrected chi connectivity index (χ1v) is 4.37. The number of hydrogen-bond acceptors (Lipinski definition) is 3. The number of nitrogens with two attached hydrogens (primary N) is 1. The summed E-state index contributed by atoms with van der Waals surface area (Å²) in [4.78, 5) is 3.79. The van der Waals surface area contributed by atoms with E-state index in [1.807, 2.05) is 0 Å².